The lowest BCUT2D eigenvalue weighted by molar-refractivity contribution is 0.174. The molecular formula is C21H18N4O3S2. The molecule has 1 atom stereocenters. The molecule has 152 valence electrons. The Bertz CT molecular complexity index is 1260. The van der Waals surface area contributed by atoms with Gasteiger partial charge in [-0.15, -0.1) is 16.4 Å². The Labute approximate surface area is 181 Å². The Kier molecular flexibility index (Phi) is 4.33. The molecule has 4 aromatic rings. The first-order valence-corrected chi connectivity index (χ1v) is 11.0. The molecule has 0 N–H and O–H groups in total. The van der Waals surface area contributed by atoms with Crippen molar-refractivity contribution in [3.63, 3.8) is 0 Å². The summed E-state index contributed by atoms with van der Waals surface area (Å²) in [7, 11) is 0. The SMILES string of the molecule is S=c1oc(-c2ccc3c(c2)OCO3)nn1CN1CCC[C@@H]1c1nc2ccccc2s1. The van der Waals surface area contributed by atoms with Gasteiger partial charge in [0, 0.05) is 12.1 Å². The van der Waals surface area contributed by atoms with Crippen molar-refractivity contribution in [2.75, 3.05) is 13.3 Å². The van der Waals surface area contributed by atoms with E-state index >= 15 is 0 Å². The smallest absolute Gasteiger partial charge is 0.288 e. The molecule has 9 heteroatoms. The maximum atomic E-state index is 5.79. The fourth-order valence-corrected chi connectivity index (χ4v) is 5.34. The molecule has 0 bridgehead atoms. The lowest BCUT2D eigenvalue weighted by atomic mass is 10.2. The second-order valence-electron chi connectivity index (χ2n) is 7.37. The van der Waals surface area contributed by atoms with Crippen molar-refractivity contribution < 1.29 is 13.9 Å². The molecule has 0 unspecified atom stereocenters. The molecule has 2 aliphatic rings. The summed E-state index contributed by atoms with van der Waals surface area (Å²) in [5.41, 5.74) is 1.88. The van der Waals surface area contributed by atoms with Gasteiger partial charge in [0.2, 0.25) is 12.7 Å². The number of nitrogens with zero attached hydrogens (tertiary/aromatic N) is 4. The molecule has 0 radical (unpaired) electrons. The lowest BCUT2D eigenvalue weighted by Gasteiger charge is -2.21. The predicted octanol–water partition coefficient (Wildman–Crippen LogP) is 5.01. The Hall–Kier alpha value is -2.75. The summed E-state index contributed by atoms with van der Waals surface area (Å²) in [4.78, 5) is 7.60. The average molecular weight is 439 g/mol. The molecule has 30 heavy (non-hydrogen) atoms. The van der Waals surface area contributed by atoms with Gasteiger partial charge < -0.3 is 13.9 Å². The van der Waals surface area contributed by atoms with Crippen LogP contribution >= 0.6 is 23.6 Å². The topological polar surface area (TPSA) is 65.6 Å². The molecule has 2 aromatic carbocycles. The maximum Gasteiger partial charge on any atom is 0.288 e. The van der Waals surface area contributed by atoms with Crippen LogP contribution < -0.4 is 9.47 Å². The van der Waals surface area contributed by atoms with Gasteiger partial charge in [-0.3, -0.25) is 4.90 Å². The third-order valence-electron chi connectivity index (χ3n) is 5.50. The fourth-order valence-electron chi connectivity index (χ4n) is 4.02. The zero-order chi connectivity index (χ0) is 20.1. The molecular weight excluding hydrogens is 420 g/mol. The van der Waals surface area contributed by atoms with Crippen molar-refractivity contribution in [3.8, 4) is 23.0 Å². The second-order valence-corrected chi connectivity index (χ2v) is 8.78. The lowest BCUT2D eigenvalue weighted by Crippen LogP contribution is -2.26. The normalized spacial score (nSPS) is 18.5. The summed E-state index contributed by atoms with van der Waals surface area (Å²) < 4.78 is 19.6. The number of likely N-dealkylation sites (tertiary alicyclic amines) is 1. The molecule has 0 saturated carbocycles. The molecule has 4 heterocycles. The van der Waals surface area contributed by atoms with Gasteiger partial charge in [0.1, 0.15) is 5.01 Å². The van der Waals surface area contributed by atoms with Gasteiger partial charge >= 0.3 is 0 Å². The number of thiazole rings is 1. The van der Waals surface area contributed by atoms with E-state index in [4.69, 9.17) is 31.1 Å². The van der Waals surface area contributed by atoms with Gasteiger partial charge in [0.05, 0.1) is 22.9 Å². The number of ether oxygens (including phenoxy) is 2. The van der Waals surface area contributed by atoms with Crippen LogP contribution in [0.3, 0.4) is 0 Å². The first-order valence-electron chi connectivity index (χ1n) is 9.82. The minimum atomic E-state index is 0.235. The van der Waals surface area contributed by atoms with Gasteiger partial charge in [-0.25, -0.2) is 9.67 Å². The largest absolute Gasteiger partial charge is 0.454 e. The van der Waals surface area contributed by atoms with E-state index in [-0.39, 0.29) is 12.8 Å². The molecule has 2 aromatic heterocycles. The molecule has 6 rings (SSSR count). The summed E-state index contributed by atoms with van der Waals surface area (Å²) in [6.07, 6.45) is 2.21. The molecule has 0 amide bonds. The van der Waals surface area contributed by atoms with Crippen LogP contribution in [0.15, 0.2) is 46.9 Å². The van der Waals surface area contributed by atoms with E-state index in [9.17, 15) is 0 Å². The monoisotopic (exact) mass is 438 g/mol. The summed E-state index contributed by atoms with van der Waals surface area (Å²) >= 11 is 7.22. The van der Waals surface area contributed by atoms with Gasteiger partial charge in [0.15, 0.2) is 11.5 Å². The maximum absolute atomic E-state index is 5.79. The van der Waals surface area contributed by atoms with E-state index in [1.54, 1.807) is 16.0 Å². The van der Waals surface area contributed by atoms with Crippen LogP contribution in [-0.4, -0.2) is 33.0 Å². The van der Waals surface area contributed by atoms with Gasteiger partial charge in [-0.1, -0.05) is 12.1 Å². The Morgan fingerprint density at radius 1 is 1.13 bits per heavy atom. The van der Waals surface area contributed by atoms with Crippen LogP contribution in [0, 0.1) is 4.84 Å². The molecule has 0 spiro atoms. The zero-order valence-corrected chi connectivity index (χ0v) is 17.6. The minimum Gasteiger partial charge on any atom is -0.454 e. The summed E-state index contributed by atoms with van der Waals surface area (Å²) in [6.45, 7) is 1.79. The number of hydrogen-bond donors (Lipinski definition) is 0. The van der Waals surface area contributed by atoms with Crippen LogP contribution in [0.25, 0.3) is 21.7 Å². The van der Waals surface area contributed by atoms with Gasteiger partial charge in [-0.05, 0) is 55.4 Å². The quantitative estimate of drug-likeness (QED) is 0.415. The molecule has 7 nitrogen and oxygen atoms in total. The second kappa shape index (κ2) is 7.19. The first-order chi connectivity index (χ1) is 14.7. The Morgan fingerprint density at radius 2 is 2.03 bits per heavy atom. The molecule has 2 aliphatic heterocycles. The minimum absolute atomic E-state index is 0.235. The van der Waals surface area contributed by atoms with E-state index in [1.807, 2.05) is 24.3 Å². The van der Waals surface area contributed by atoms with Crippen LogP contribution in [0.1, 0.15) is 23.9 Å². The number of rotatable bonds is 4. The summed E-state index contributed by atoms with van der Waals surface area (Å²) in [6, 6.07) is 14.2. The van der Waals surface area contributed by atoms with Crippen molar-refractivity contribution in [2.24, 2.45) is 0 Å². The molecule has 1 saturated heterocycles. The highest BCUT2D eigenvalue weighted by Crippen LogP contribution is 2.38. The van der Waals surface area contributed by atoms with Crippen LogP contribution in [0.4, 0.5) is 0 Å². The van der Waals surface area contributed by atoms with Crippen molar-refractivity contribution in [1.82, 2.24) is 19.7 Å². The van der Waals surface area contributed by atoms with E-state index in [2.05, 4.69) is 28.2 Å². The van der Waals surface area contributed by atoms with E-state index in [1.165, 1.54) is 4.70 Å². The number of hydrogen-bond acceptors (Lipinski definition) is 8. The zero-order valence-electron chi connectivity index (χ0n) is 16.0. The van der Waals surface area contributed by atoms with Crippen molar-refractivity contribution in [1.29, 1.82) is 0 Å². The van der Waals surface area contributed by atoms with Crippen molar-refractivity contribution in [3.05, 3.63) is 52.3 Å². The fraction of sp³-hybridized carbons (Fsp3) is 0.286. The van der Waals surface area contributed by atoms with Crippen LogP contribution in [0.5, 0.6) is 11.5 Å². The average Bonchev–Trinajstić information content (AvgIpc) is 3.54. The van der Waals surface area contributed by atoms with E-state index in [0.717, 1.165) is 41.2 Å². The summed E-state index contributed by atoms with van der Waals surface area (Å²) in [5, 5.41) is 5.78. The number of fused-ring (bicyclic) bond motifs is 2. The third-order valence-corrected chi connectivity index (χ3v) is 6.93. The van der Waals surface area contributed by atoms with E-state index in [0.29, 0.717) is 23.1 Å². The van der Waals surface area contributed by atoms with Crippen molar-refractivity contribution >= 4 is 33.8 Å². The highest BCUT2D eigenvalue weighted by molar-refractivity contribution is 7.71. The third kappa shape index (κ3) is 3.10. The highest BCUT2D eigenvalue weighted by Gasteiger charge is 2.29. The van der Waals surface area contributed by atoms with Crippen LogP contribution in [0.2, 0.25) is 0 Å². The number of para-hydroxylation sites is 1. The number of benzene rings is 2. The van der Waals surface area contributed by atoms with Gasteiger partial charge in [0.25, 0.3) is 4.84 Å². The standard InChI is InChI=1S/C21H18N4O3S2/c29-21-25(23-19(28-21)13-7-8-16-17(10-13)27-12-26-16)11-24-9-3-5-15(24)20-22-14-4-1-2-6-18(14)30-20/h1-2,4,6-8,10,15H,3,5,9,11-12H2/t15-/m1/s1. The Morgan fingerprint density at radius 3 is 2.97 bits per heavy atom. The van der Waals surface area contributed by atoms with E-state index < -0.39 is 0 Å². The van der Waals surface area contributed by atoms with Crippen LogP contribution in [-0.2, 0) is 6.67 Å². The van der Waals surface area contributed by atoms with Gasteiger partial charge in [-0.2, -0.15) is 0 Å². The predicted molar refractivity (Wildman–Crippen MR) is 115 cm³/mol. The summed E-state index contributed by atoms with van der Waals surface area (Å²) in [5.74, 6) is 1.90. The Balaban J connectivity index is 1.27. The molecule has 1 fully saturated rings. The highest BCUT2D eigenvalue weighted by atomic mass is 32.1. The first kappa shape index (κ1) is 18.1. The van der Waals surface area contributed by atoms with Crippen molar-refractivity contribution in [2.45, 2.75) is 25.6 Å². The number of aromatic nitrogens is 3. The molecule has 0 aliphatic carbocycles.